The average Bonchev–Trinajstić information content (AvgIpc) is 3.28. The molecule has 1 fully saturated rings. The number of carbonyl (C=O) groups is 1. The number of halogens is 1. The van der Waals surface area contributed by atoms with Gasteiger partial charge in [-0.2, -0.15) is 4.31 Å². The normalized spacial score (nSPS) is 14.7. The van der Waals surface area contributed by atoms with Crippen LogP contribution in [-0.2, 0) is 14.8 Å². The number of nitrogens with zero attached hydrogens (tertiary/aromatic N) is 1. The van der Waals surface area contributed by atoms with Crippen molar-refractivity contribution in [2.75, 3.05) is 25.0 Å². The van der Waals surface area contributed by atoms with Crippen LogP contribution in [0.1, 0.15) is 12.8 Å². The van der Waals surface area contributed by atoms with Gasteiger partial charge in [-0.25, -0.2) is 8.42 Å². The van der Waals surface area contributed by atoms with E-state index in [0.29, 0.717) is 24.5 Å². The second-order valence-electron chi connectivity index (χ2n) is 7.13. The fourth-order valence-corrected chi connectivity index (χ4v) is 5.31. The molecule has 0 atom stereocenters. The van der Waals surface area contributed by atoms with Crippen LogP contribution >= 0.6 is 15.9 Å². The second kappa shape index (κ2) is 8.75. The number of benzene rings is 3. The van der Waals surface area contributed by atoms with E-state index in [9.17, 15) is 13.2 Å². The lowest BCUT2D eigenvalue weighted by molar-refractivity contribution is -0.118. The number of carbonyl (C=O) groups excluding carboxylic acids is 1. The van der Waals surface area contributed by atoms with Gasteiger partial charge in [0.05, 0.1) is 4.90 Å². The van der Waals surface area contributed by atoms with E-state index in [-0.39, 0.29) is 17.4 Å². The molecule has 30 heavy (non-hydrogen) atoms. The number of fused-ring (bicyclic) bond motifs is 1. The van der Waals surface area contributed by atoms with Gasteiger partial charge in [0, 0.05) is 23.2 Å². The van der Waals surface area contributed by atoms with Gasteiger partial charge in [0.25, 0.3) is 5.91 Å². The summed E-state index contributed by atoms with van der Waals surface area (Å²) in [6.07, 6.45) is 1.78. The maximum Gasteiger partial charge on any atom is 0.262 e. The molecule has 3 aromatic carbocycles. The Morgan fingerprint density at radius 1 is 0.967 bits per heavy atom. The zero-order chi connectivity index (χ0) is 21.1. The van der Waals surface area contributed by atoms with Gasteiger partial charge in [0.1, 0.15) is 5.75 Å². The molecular formula is C22H21BrN2O4S. The van der Waals surface area contributed by atoms with Gasteiger partial charge in [-0.05, 0) is 72.1 Å². The summed E-state index contributed by atoms with van der Waals surface area (Å²) in [5.74, 6) is 0.285. The second-order valence-corrected chi connectivity index (χ2v) is 9.98. The van der Waals surface area contributed by atoms with E-state index >= 15 is 0 Å². The fourth-order valence-electron chi connectivity index (χ4n) is 3.42. The van der Waals surface area contributed by atoms with E-state index < -0.39 is 10.0 Å². The van der Waals surface area contributed by atoms with Crippen LogP contribution in [0.5, 0.6) is 5.75 Å². The smallest absolute Gasteiger partial charge is 0.262 e. The number of nitrogens with one attached hydrogen (secondary N) is 1. The van der Waals surface area contributed by atoms with Crippen LogP contribution in [0.25, 0.3) is 10.8 Å². The molecule has 0 bridgehead atoms. The molecule has 3 aromatic rings. The van der Waals surface area contributed by atoms with Gasteiger partial charge in [0.2, 0.25) is 10.0 Å². The maximum atomic E-state index is 12.6. The number of sulfonamides is 1. The van der Waals surface area contributed by atoms with E-state index in [2.05, 4.69) is 21.2 Å². The molecule has 0 unspecified atom stereocenters. The van der Waals surface area contributed by atoms with Crippen molar-refractivity contribution in [3.8, 4) is 5.75 Å². The summed E-state index contributed by atoms with van der Waals surface area (Å²) in [4.78, 5) is 12.5. The third kappa shape index (κ3) is 4.66. The van der Waals surface area contributed by atoms with Crippen molar-refractivity contribution < 1.29 is 17.9 Å². The summed E-state index contributed by atoms with van der Waals surface area (Å²) in [6.45, 7) is 0.976. The van der Waals surface area contributed by atoms with Crippen LogP contribution in [0.2, 0.25) is 0 Å². The Kier molecular flexibility index (Phi) is 6.08. The molecule has 4 rings (SSSR count). The molecule has 156 valence electrons. The molecular weight excluding hydrogens is 468 g/mol. The quantitative estimate of drug-likeness (QED) is 0.557. The average molecular weight is 489 g/mol. The van der Waals surface area contributed by atoms with Crippen molar-refractivity contribution >= 4 is 48.3 Å². The van der Waals surface area contributed by atoms with Crippen LogP contribution in [0.4, 0.5) is 5.69 Å². The van der Waals surface area contributed by atoms with E-state index in [4.69, 9.17) is 4.74 Å². The predicted molar refractivity (Wildman–Crippen MR) is 120 cm³/mol. The zero-order valence-corrected chi connectivity index (χ0v) is 18.6. The minimum absolute atomic E-state index is 0.143. The largest absolute Gasteiger partial charge is 0.484 e. The summed E-state index contributed by atoms with van der Waals surface area (Å²) in [7, 11) is -3.46. The van der Waals surface area contributed by atoms with Crippen LogP contribution in [-0.4, -0.2) is 38.3 Å². The molecule has 0 radical (unpaired) electrons. The number of anilines is 1. The highest BCUT2D eigenvalue weighted by Gasteiger charge is 2.26. The molecule has 1 saturated heterocycles. The summed E-state index contributed by atoms with van der Waals surface area (Å²) >= 11 is 3.44. The van der Waals surface area contributed by atoms with Gasteiger partial charge >= 0.3 is 0 Å². The number of hydrogen-bond acceptors (Lipinski definition) is 4. The van der Waals surface area contributed by atoms with Gasteiger partial charge in [-0.15, -0.1) is 0 Å². The lowest BCUT2D eigenvalue weighted by atomic mass is 10.1. The number of amides is 1. The molecule has 1 heterocycles. The van der Waals surface area contributed by atoms with E-state index in [1.165, 1.54) is 16.4 Å². The van der Waals surface area contributed by atoms with Crippen molar-refractivity contribution in [1.82, 2.24) is 4.31 Å². The van der Waals surface area contributed by atoms with Crippen LogP contribution in [0, 0.1) is 0 Å². The van der Waals surface area contributed by atoms with Crippen LogP contribution in [0.3, 0.4) is 0 Å². The van der Waals surface area contributed by atoms with Crippen molar-refractivity contribution in [1.29, 1.82) is 0 Å². The Morgan fingerprint density at radius 2 is 1.63 bits per heavy atom. The first-order valence-electron chi connectivity index (χ1n) is 9.64. The first-order chi connectivity index (χ1) is 14.4. The van der Waals surface area contributed by atoms with Gasteiger partial charge in [-0.3, -0.25) is 4.79 Å². The Bertz CT molecular complexity index is 1170. The monoisotopic (exact) mass is 488 g/mol. The SMILES string of the molecule is O=C(COc1ccc2cc(Br)ccc2c1)Nc1ccc(S(=O)(=O)N2CCCC2)cc1. The zero-order valence-electron chi connectivity index (χ0n) is 16.2. The number of ether oxygens (including phenoxy) is 1. The van der Waals surface area contributed by atoms with E-state index in [1.807, 2.05) is 36.4 Å². The molecule has 1 amide bonds. The molecule has 1 aliphatic rings. The highest BCUT2D eigenvalue weighted by molar-refractivity contribution is 9.10. The molecule has 0 spiro atoms. The first kappa shape index (κ1) is 20.8. The lowest BCUT2D eigenvalue weighted by Crippen LogP contribution is -2.27. The van der Waals surface area contributed by atoms with Gasteiger partial charge < -0.3 is 10.1 Å². The summed E-state index contributed by atoms with van der Waals surface area (Å²) in [5.41, 5.74) is 0.521. The van der Waals surface area contributed by atoms with E-state index in [1.54, 1.807) is 12.1 Å². The van der Waals surface area contributed by atoms with Crippen molar-refractivity contribution in [2.24, 2.45) is 0 Å². The van der Waals surface area contributed by atoms with Crippen molar-refractivity contribution in [3.63, 3.8) is 0 Å². The maximum absolute atomic E-state index is 12.6. The lowest BCUT2D eigenvalue weighted by Gasteiger charge is -2.15. The summed E-state index contributed by atoms with van der Waals surface area (Å²) in [6, 6.07) is 17.8. The Hall–Kier alpha value is -2.42. The molecule has 6 nitrogen and oxygen atoms in total. The Labute approximate surface area is 184 Å². The summed E-state index contributed by atoms with van der Waals surface area (Å²) < 4.78 is 33.2. The molecule has 0 aromatic heterocycles. The highest BCUT2D eigenvalue weighted by Crippen LogP contribution is 2.25. The summed E-state index contributed by atoms with van der Waals surface area (Å²) in [5, 5.41) is 4.82. The highest BCUT2D eigenvalue weighted by atomic mass is 79.9. The minimum Gasteiger partial charge on any atom is -0.484 e. The molecule has 0 saturated carbocycles. The molecule has 1 aliphatic heterocycles. The Balaban J connectivity index is 1.35. The van der Waals surface area contributed by atoms with E-state index in [0.717, 1.165) is 28.1 Å². The molecule has 0 aliphatic carbocycles. The predicted octanol–water partition coefficient (Wildman–Crippen LogP) is 4.40. The Morgan fingerprint density at radius 3 is 2.37 bits per heavy atom. The van der Waals surface area contributed by atoms with Crippen molar-refractivity contribution in [3.05, 3.63) is 65.1 Å². The number of rotatable bonds is 6. The molecule has 8 heteroatoms. The van der Waals surface area contributed by atoms with Gasteiger partial charge in [0.15, 0.2) is 6.61 Å². The van der Waals surface area contributed by atoms with Crippen LogP contribution in [0.15, 0.2) is 70.0 Å². The standard InChI is InChI=1S/C22H21BrN2O4S/c23-18-5-3-17-14-20(8-4-16(17)13-18)29-15-22(26)24-19-6-9-21(10-7-19)30(27,28)25-11-1-2-12-25/h3-10,13-14H,1-2,11-12,15H2,(H,24,26). The topological polar surface area (TPSA) is 75.7 Å². The third-order valence-electron chi connectivity index (χ3n) is 4.98. The third-order valence-corrected chi connectivity index (χ3v) is 7.39. The first-order valence-corrected chi connectivity index (χ1v) is 11.9. The molecule has 1 N–H and O–H groups in total. The van der Waals surface area contributed by atoms with Crippen LogP contribution < -0.4 is 10.1 Å². The minimum atomic E-state index is -3.46. The fraction of sp³-hybridized carbons (Fsp3) is 0.227. The van der Waals surface area contributed by atoms with Crippen molar-refractivity contribution in [2.45, 2.75) is 17.7 Å². The number of hydrogen-bond donors (Lipinski definition) is 1. The van der Waals surface area contributed by atoms with Gasteiger partial charge in [-0.1, -0.05) is 28.1 Å².